The topological polar surface area (TPSA) is 213 Å². The minimum absolute atomic E-state index is 0.154. The van der Waals surface area contributed by atoms with E-state index < -0.39 is 22.8 Å². The lowest BCUT2D eigenvalue weighted by atomic mass is 10.0. The molecule has 1 atom stereocenters. The van der Waals surface area contributed by atoms with Crippen molar-refractivity contribution in [3.8, 4) is 0 Å². The first-order valence-electron chi connectivity index (χ1n) is 14.0. The molecule has 1 fully saturated rings. The van der Waals surface area contributed by atoms with Crippen molar-refractivity contribution in [2.75, 3.05) is 70.8 Å². The fourth-order valence-electron chi connectivity index (χ4n) is 5.13. The molecule has 1 aromatic rings. The van der Waals surface area contributed by atoms with Crippen LogP contribution in [0.1, 0.15) is 5.56 Å². The van der Waals surface area contributed by atoms with Crippen molar-refractivity contribution < 1.29 is 39.6 Å². The summed E-state index contributed by atoms with van der Waals surface area (Å²) in [5.74, 6) is -3.15. The molecular weight excluding hydrogens is 580 g/mol. The number of nitrogens with one attached hydrogen (secondary N) is 3. The molecule has 0 amide bonds. The normalized spacial score (nSPS) is 18.8. The van der Waals surface area contributed by atoms with Crippen LogP contribution in [0.4, 0.5) is 5.69 Å². The van der Waals surface area contributed by atoms with Gasteiger partial charge in [0.2, 0.25) is 5.70 Å². The highest BCUT2D eigenvalue weighted by atomic mass is 16.8. The average molecular weight is 617 g/mol. The fraction of sp³-hybridized carbons (Fsp3) is 0.444. The van der Waals surface area contributed by atoms with Gasteiger partial charge in [0.1, 0.15) is 0 Å². The lowest BCUT2D eigenvalue weighted by Crippen LogP contribution is -2.47. The minimum atomic E-state index is -0.997. The van der Waals surface area contributed by atoms with Crippen molar-refractivity contribution in [1.82, 2.24) is 30.6 Å². The Bertz CT molecular complexity index is 1290. The van der Waals surface area contributed by atoms with Crippen LogP contribution in [0.2, 0.25) is 0 Å². The number of hydrogen-bond donors (Lipinski definition) is 6. The van der Waals surface area contributed by atoms with Crippen molar-refractivity contribution in [2.45, 2.75) is 12.5 Å². The van der Waals surface area contributed by atoms with Crippen LogP contribution in [0.25, 0.3) is 0 Å². The van der Waals surface area contributed by atoms with Crippen molar-refractivity contribution in [2.24, 2.45) is 0 Å². The second kappa shape index (κ2) is 15.3. The third-order valence-electron chi connectivity index (χ3n) is 7.28. The molecule has 3 aliphatic heterocycles. The number of hydrogen-bond acceptors (Lipinski definition) is 13. The molecule has 238 valence electrons. The van der Waals surface area contributed by atoms with E-state index in [4.69, 9.17) is 4.94 Å². The third-order valence-corrected chi connectivity index (χ3v) is 7.28. The van der Waals surface area contributed by atoms with Gasteiger partial charge in [-0.2, -0.15) is 0 Å². The van der Waals surface area contributed by atoms with Crippen LogP contribution in [0.15, 0.2) is 59.8 Å². The number of nitrogens with zero attached hydrogens (tertiary/aromatic N) is 5. The quantitative estimate of drug-likeness (QED) is 0.113. The molecule has 1 unspecified atom stereocenters. The van der Waals surface area contributed by atoms with Crippen LogP contribution in [0.5, 0.6) is 0 Å². The molecule has 1 aromatic carbocycles. The third kappa shape index (κ3) is 9.48. The highest BCUT2D eigenvalue weighted by molar-refractivity contribution is 5.69. The van der Waals surface area contributed by atoms with Gasteiger partial charge in [0.05, 0.1) is 31.5 Å². The molecular formula is C27H36N8O9. The van der Waals surface area contributed by atoms with E-state index in [1.54, 1.807) is 15.9 Å². The number of aliphatic carboxylic acids is 3. The summed E-state index contributed by atoms with van der Waals surface area (Å²) >= 11 is 0. The van der Waals surface area contributed by atoms with E-state index in [2.05, 4.69) is 21.0 Å². The Kier molecular flexibility index (Phi) is 11.2. The largest absolute Gasteiger partial charge is 0.480 e. The molecule has 0 bridgehead atoms. The van der Waals surface area contributed by atoms with E-state index in [1.807, 2.05) is 24.3 Å². The van der Waals surface area contributed by atoms with E-state index in [1.165, 1.54) is 12.3 Å². The highest BCUT2D eigenvalue weighted by Crippen LogP contribution is 2.29. The number of anilines is 1. The number of hydroxylamine groups is 3. The van der Waals surface area contributed by atoms with Gasteiger partial charge >= 0.3 is 23.7 Å². The maximum absolute atomic E-state index is 11.4. The molecule has 3 heterocycles. The second-order valence-electron chi connectivity index (χ2n) is 10.5. The smallest absolute Gasteiger partial charge is 0.355 e. The van der Waals surface area contributed by atoms with Crippen LogP contribution >= 0.6 is 0 Å². The molecule has 44 heavy (non-hydrogen) atoms. The molecule has 0 radical (unpaired) electrons. The molecule has 0 spiro atoms. The first-order chi connectivity index (χ1) is 21.1. The summed E-state index contributed by atoms with van der Waals surface area (Å²) in [7, 11) is 0. The zero-order chi connectivity index (χ0) is 31.6. The Morgan fingerprint density at radius 3 is 2.05 bits per heavy atom. The van der Waals surface area contributed by atoms with Gasteiger partial charge < -0.3 is 36.1 Å². The van der Waals surface area contributed by atoms with Crippen molar-refractivity contribution in [1.29, 1.82) is 0 Å². The summed E-state index contributed by atoms with van der Waals surface area (Å²) in [5, 5.41) is 46.6. The molecule has 17 heteroatoms. The van der Waals surface area contributed by atoms with Gasteiger partial charge in [-0.15, -0.1) is 0 Å². The lowest BCUT2D eigenvalue weighted by Gasteiger charge is -2.29. The monoisotopic (exact) mass is 616 g/mol. The zero-order valence-corrected chi connectivity index (χ0v) is 23.9. The molecule has 1 saturated heterocycles. The van der Waals surface area contributed by atoms with Gasteiger partial charge in [0.25, 0.3) is 0 Å². The van der Waals surface area contributed by atoms with Gasteiger partial charge in [-0.05, 0) is 40.2 Å². The fourth-order valence-corrected chi connectivity index (χ4v) is 5.13. The summed E-state index contributed by atoms with van der Waals surface area (Å²) in [6.45, 7) is 2.79. The van der Waals surface area contributed by atoms with Gasteiger partial charge in [-0.25, -0.2) is 5.48 Å². The molecule has 0 aromatic heterocycles. The van der Waals surface area contributed by atoms with Crippen LogP contribution in [0, 0.1) is 10.1 Å². The molecule has 4 rings (SSSR count). The number of fused-ring (bicyclic) bond motifs is 1. The summed E-state index contributed by atoms with van der Waals surface area (Å²) in [5.41, 5.74) is 5.18. The number of nitro groups is 1. The zero-order valence-electron chi connectivity index (χ0n) is 23.9. The van der Waals surface area contributed by atoms with E-state index in [9.17, 15) is 39.8 Å². The number of rotatable bonds is 14. The van der Waals surface area contributed by atoms with Gasteiger partial charge in [0.15, 0.2) is 0 Å². The summed E-state index contributed by atoms with van der Waals surface area (Å²) in [6, 6.07) is 7.23. The SMILES string of the molecule is O=C(O)CNC(Cc1ccc(NC2=CC=C([N+](=O)[O-])N3ONC=C23)cc1)CN1CCN(CC(=O)O)CCN(CC(=O)O)CC1. The van der Waals surface area contributed by atoms with E-state index >= 15 is 0 Å². The average Bonchev–Trinajstić information content (AvgIpc) is 3.48. The van der Waals surface area contributed by atoms with Crippen LogP contribution in [-0.2, 0) is 25.7 Å². The lowest BCUT2D eigenvalue weighted by molar-refractivity contribution is -0.465. The maximum atomic E-state index is 11.4. The Hall–Kier alpha value is -4.55. The molecule has 0 aliphatic carbocycles. The van der Waals surface area contributed by atoms with Crippen molar-refractivity contribution in [3.63, 3.8) is 0 Å². The van der Waals surface area contributed by atoms with Gasteiger partial charge in [-0.3, -0.25) is 29.1 Å². The summed E-state index contributed by atoms with van der Waals surface area (Å²) < 4.78 is 0. The number of carboxylic acid groups (broad SMARTS) is 3. The Morgan fingerprint density at radius 1 is 0.909 bits per heavy atom. The standard InChI is InChI=1S/C27H36N8O9/c36-25(37)15-28-21(16-31-7-9-32(17-26(38)39)11-12-33(10-8-31)18-27(40)41)13-19-1-3-20(4-2-19)30-22-5-6-24(35(42)43)34-23(22)14-29-44-34/h1-6,14,21,28-30H,7-13,15-18H2,(H,36,37)(H,38,39)(H,40,41). The van der Waals surface area contributed by atoms with E-state index in [0.29, 0.717) is 63.6 Å². The molecule has 3 aliphatic rings. The molecule has 17 nitrogen and oxygen atoms in total. The Morgan fingerprint density at radius 2 is 1.50 bits per heavy atom. The summed E-state index contributed by atoms with van der Waals surface area (Å²) in [4.78, 5) is 55.6. The first kappa shape index (κ1) is 32.4. The van der Waals surface area contributed by atoms with E-state index in [-0.39, 0.29) is 31.5 Å². The Labute approximate surface area is 252 Å². The molecule has 0 saturated carbocycles. The number of benzene rings is 1. The minimum Gasteiger partial charge on any atom is -0.480 e. The van der Waals surface area contributed by atoms with Gasteiger partial charge in [-0.1, -0.05) is 17.1 Å². The van der Waals surface area contributed by atoms with Crippen molar-refractivity contribution >= 4 is 23.6 Å². The van der Waals surface area contributed by atoms with Crippen molar-refractivity contribution in [3.05, 3.63) is 75.5 Å². The predicted octanol–water partition coefficient (Wildman–Crippen LogP) is -0.619. The maximum Gasteiger partial charge on any atom is 0.355 e. The number of allylic oxidation sites excluding steroid dienone is 2. The van der Waals surface area contributed by atoms with Crippen LogP contribution in [-0.4, -0.2) is 129 Å². The van der Waals surface area contributed by atoms with E-state index in [0.717, 1.165) is 16.3 Å². The first-order valence-corrected chi connectivity index (χ1v) is 14.0. The second-order valence-corrected chi connectivity index (χ2v) is 10.5. The highest BCUT2D eigenvalue weighted by Gasteiger charge is 2.37. The van der Waals surface area contributed by atoms with Crippen LogP contribution in [0.3, 0.4) is 0 Å². The number of carboxylic acids is 3. The Balaban J connectivity index is 1.43. The number of carbonyl (C=O) groups is 3. The molecule has 6 N–H and O–H groups in total. The summed E-state index contributed by atoms with van der Waals surface area (Å²) in [6.07, 6.45) is 4.90. The predicted molar refractivity (Wildman–Crippen MR) is 155 cm³/mol. The van der Waals surface area contributed by atoms with Crippen LogP contribution < -0.4 is 16.1 Å². The van der Waals surface area contributed by atoms with Gasteiger partial charge in [0, 0.05) is 63.6 Å².